The number of benzene rings is 2. The van der Waals surface area contributed by atoms with Crippen LogP contribution in [0.1, 0.15) is 18.4 Å². The Kier molecular flexibility index (Phi) is 8.69. The minimum absolute atomic E-state index is 0.0372. The van der Waals surface area contributed by atoms with E-state index in [1.165, 1.54) is 6.07 Å². The van der Waals surface area contributed by atoms with E-state index < -0.39 is 24.3 Å². The number of nitrogens with zero attached hydrogens (tertiary/aromatic N) is 1. The zero-order valence-electron chi connectivity index (χ0n) is 17.5. The Labute approximate surface area is 199 Å². The summed E-state index contributed by atoms with van der Waals surface area (Å²) in [6.07, 6.45) is -3.24. The highest BCUT2D eigenvalue weighted by molar-refractivity contribution is 6.32. The molecule has 0 radical (unpaired) electrons. The number of halogens is 5. The Balaban J connectivity index is 1.46. The molecule has 2 aromatic carbocycles. The van der Waals surface area contributed by atoms with Crippen molar-refractivity contribution in [2.45, 2.75) is 25.1 Å². The van der Waals surface area contributed by atoms with Gasteiger partial charge in [0.1, 0.15) is 18.1 Å². The van der Waals surface area contributed by atoms with Crippen molar-refractivity contribution < 1.29 is 32.5 Å². The van der Waals surface area contributed by atoms with Gasteiger partial charge in [0.05, 0.1) is 21.7 Å². The number of rotatable bonds is 8. The number of ether oxygens (including phenoxy) is 2. The van der Waals surface area contributed by atoms with Crippen molar-refractivity contribution in [3.63, 3.8) is 0 Å². The zero-order chi connectivity index (χ0) is 24.0. The largest absolute Gasteiger partial charge is 0.491 e. The van der Waals surface area contributed by atoms with Gasteiger partial charge < -0.3 is 19.9 Å². The van der Waals surface area contributed by atoms with Crippen LogP contribution in [0.4, 0.5) is 18.9 Å². The van der Waals surface area contributed by atoms with Crippen molar-refractivity contribution in [3.8, 4) is 11.5 Å². The van der Waals surface area contributed by atoms with Crippen LogP contribution in [-0.4, -0.2) is 54.9 Å². The Morgan fingerprint density at radius 2 is 1.70 bits per heavy atom. The zero-order valence-corrected chi connectivity index (χ0v) is 19.0. The van der Waals surface area contributed by atoms with Crippen LogP contribution in [0.2, 0.25) is 10.0 Å². The number of aliphatic hydroxyl groups is 1. The van der Waals surface area contributed by atoms with Gasteiger partial charge in [0, 0.05) is 25.3 Å². The van der Waals surface area contributed by atoms with Crippen LogP contribution in [0.5, 0.6) is 11.5 Å². The van der Waals surface area contributed by atoms with Crippen LogP contribution in [0.25, 0.3) is 0 Å². The number of amides is 1. The molecule has 0 unspecified atom stereocenters. The molecule has 33 heavy (non-hydrogen) atoms. The summed E-state index contributed by atoms with van der Waals surface area (Å²) in [5.74, 6) is -0.104. The second-order valence-electron chi connectivity index (χ2n) is 7.55. The van der Waals surface area contributed by atoms with Gasteiger partial charge in [0.2, 0.25) is 0 Å². The third-order valence-electron chi connectivity index (χ3n) is 5.06. The molecule has 0 atom stereocenters. The lowest BCUT2D eigenvalue weighted by Gasteiger charge is -2.29. The number of anilines is 1. The molecule has 0 aliphatic carbocycles. The molecule has 180 valence electrons. The number of carbonyl (C=O) groups is 1. The van der Waals surface area contributed by atoms with E-state index in [1.54, 1.807) is 12.1 Å². The first-order chi connectivity index (χ1) is 15.6. The Morgan fingerprint density at radius 3 is 2.33 bits per heavy atom. The van der Waals surface area contributed by atoms with Gasteiger partial charge in [0.15, 0.2) is 6.61 Å². The molecule has 1 aliphatic rings. The fourth-order valence-corrected chi connectivity index (χ4v) is 3.73. The molecule has 0 bridgehead atoms. The molecule has 1 fully saturated rings. The quantitative estimate of drug-likeness (QED) is 0.534. The standard InChI is InChI=1S/C22H23Cl2F3N2O4/c23-17-11-14(22(25,26)27)1-3-20(17)33-13-21(31)28-15-2-4-19(18(24)12-15)32-10-9-29-7-5-16(30)6-8-29/h1-4,11-12,16,30H,5-10,13H2,(H,28,31). The van der Waals surface area contributed by atoms with Gasteiger partial charge in [-0.2, -0.15) is 13.2 Å². The van der Waals surface area contributed by atoms with Crippen LogP contribution in [0, 0.1) is 0 Å². The van der Waals surface area contributed by atoms with Gasteiger partial charge in [-0.1, -0.05) is 23.2 Å². The predicted molar refractivity (Wildman–Crippen MR) is 119 cm³/mol. The van der Waals surface area contributed by atoms with Crippen LogP contribution in [0.15, 0.2) is 36.4 Å². The van der Waals surface area contributed by atoms with E-state index in [2.05, 4.69) is 10.2 Å². The van der Waals surface area contributed by atoms with Crippen LogP contribution in [-0.2, 0) is 11.0 Å². The highest BCUT2D eigenvalue weighted by Crippen LogP contribution is 2.34. The van der Waals surface area contributed by atoms with Gasteiger partial charge in [-0.3, -0.25) is 9.69 Å². The number of aliphatic hydroxyl groups excluding tert-OH is 1. The summed E-state index contributed by atoms with van der Waals surface area (Å²) < 4.78 is 49.0. The van der Waals surface area contributed by atoms with Crippen LogP contribution < -0.4 is 14.8 Å². The molecular formula is C22H23Cl2F3N2O4. The van der Waals surface area contributed by atoms with Crippen molar-refractivity contribution in [1.29, 1.82) is 0 Å². The van der Waals surface area contributed by atoms with Gasteiger partial charge >= 0.3 is 6.18 Å². The number of likely N-dealkylation sites (tertiary alicyclic amines) is 1. The fourth-order valence-electron chi connectivity index (χ4n) is 3.26. The summed E-state index contributed by atoms with van der Waals surface area (Å²) in [7, 11) is 0. The van der Waals surface area contributed by atoms with Crippen molar-refractivity contribution in [2.24, 2.45) is 0 Å². The van der Waals surface area contributed by atoms with Crippen LogP contribution >= 0.6 is 23.2 Å². The van der Waals surface area contributed by atoms with E-state index in [9.17, 15) is 23.1 Å². The van der Waals surface area contributed by atoms with Crippen molar-refractivity contribution in [2.75, 3.05) is 38.2 Å². The summed E-state index contributed by atoms with van der Waals surface area (Å²) in [6.45, 7) is 2.34. The number of piperidine rings is 1. The molecule has 1 amide bonds. The highest BCUT2D eigenvalue weighted by atomic mass is 35.5. The molecule has 1 heterocycles. The molecule has 11 heteroatoms. The highest BCUT2D eigenvalue weighted by Gasteiger charge is 2.31. The number of carbonyl (C=O) groups excluding carboxylic acids is 1. The van der Waals surface area contributed by atoms with Gasteiger partial charge in [-0.25, -0.2) is 0 Å². The summed E-state index contributed by atoms with van der Waals surface area (Å²) in [5, 5.41) is 12.2. The molecule has 0 spiro atoms. The number of hydrogen-bond acceptors (Lipinski definition) is 5. The smallest absolute Gasteiger partial charge is 0.416 e. The molecule has 2 N–H and O–H groups in total. The molecular weight excluding hydrogens is 484 g/mol. The van der Waals surface area contributed by atoms with E-state index in [1.807, 2.05) is 0 Å². The van der Waals surface area contributed by atoms with Crippen LogP contribution in [0.3, 0.4) is 0 Å². The summed E-state index contributed by atoms with van der Waals surface area (Å²) in [5.41, 5.74) is -0.500. The Morgan fingerprint density at radius 1 is 1.06 bits per heavy atom. The monoisotopic (exact) mass is 506 g/mol. The van der Waals surface area contributed by atoms with E-state index in [0.717, 1.165) is 44.1 Å². The lowest BCUT2D eigenvalue weighted by Crippen LogP contribution is -2.38. The van der Waals surface area contributed by atoms with Gasteiger partial charge in [-0.05, 0) is 49.2 Å². The second-order valence-corrected chi connectivity index (χ2v) is 8.36. The molecule has 0 aromatic heterocycles. The van der Waals surface area contributed by atoms with Crippen molar-refractivity contribution in [3.05, 3.63) is 52.0 Å². The van der Waals surface area contributed by atoms with Gasteiger partial charge in [0.25, 0.3) is 5.91 Å². The third-order valence-corrected chi connectivity index (χ3v) is 5.65. The molecule has 0 saturated carbocycles. The molecule has 2 aromatic rings. The van der Waals surface area contributed by atoms with E-state index in [4.69, 9.17) is 32.7 Å². The minimum atomic E-state index is -4.52. The van der Waals surface area contributed by atoms with Crippen molar-refractivity contribution >= 4 is 34.8 Å². The molecule has 3 rings (SSSR count). The van der Waals surface area contributed by atoms with E-state index in [-0.39, 0.29) is 16.9 Å². The Hall–Kier alpha value is -2.20. The molecule has 6 nitrogen and oxygen atoms in total. The molecule has 1 aliphatic heterocycles. The second kappa shape index (κ2) is 11.3. The first-order valence-corrected chi connectivity index (χ1v) is 11.0. The average Bonchev–Trinajstić information content (AvgIpc) is 2.75. The number of hydrogen-bond donors (Lipinski definition) is 2. The minimum Gasteiger partial charge on any atom is -0.491 e. The maximum absolute atomic E-state index is 12.7. The first kappa shape index (κ1) is 25.4. The van der Waals surface area contributed by atoms with Gasteiger partial charge in [-0.15, -0.1) is 0 Å². The van der Waals surface area contributed by atoms with Crippen molar-refractivity contribution in [1.82, 2.24) is 4.90 Å². The fraction of sp³-hybridized carbons (Fsp3) is 0.409. The summed E-state index contributed by atoms with van der Waals surface area (Å²) in [6, 6.07) is 7.39. The lowest BCUT2D eigenvalue weighted by molar-refractivity contribution is -0.137. The maximum Gasteiger partial charge on any atom is 0.416 e. The van der Waals surface area contributed by atoms with E-state index in [0.29, 0.717) is 29.6 Å². The SMILES string of the molecule is O=C(COc1ccc(C(F)(F)F)cc1Cl)Nc1ccc(OCCN2CCC(O)CC2)c(Cl)c1. The average molecular weight is 507 g/mol. The summed E-state index contributed by atoms with van der Waals surface area (Å²) in [4.78, 5) is 14.3. The maximum atomic E-state index is 12.7. The molecule has 1 saturated heterocycles. The third kappa shape index (κ3) is 7.67. The first-order valence-electron chi connectivity index (χ1n) is 10.2. The summed E-state index contributed by atoms with van der Waals surface area (Å²) >= 11 is 12.0. The normalized spacial score (nSPS) is 15.3. The lowest BCUT2D eigenvalue weighted by atomic mass is 10.1. The topological polar surface area (TPSA) is 71.0 Å². The number of nitrogens with one attached hydrogen (secondary N) is 1. The Bertz CT molecular complexity index is 967. The number of alkyl halides is 3. The van der Waals surface area contributed by atoms with E-state index >= 15 is 0 Å². The predicted octanol–water partition coefficient (Wildman–Crippen LogP) is 4.87.